The molecule has 2 rings (SSSR count). The van der Waals surface area contributed by atoms with Gasteiger partial charge in [-0.2, -0.15) is 0 Å². The first kappa shape index (κ1) is 16.3. The molecule has 0 heterocycles. The lowest BCUT2D eigenvalue weighted by molar-refractivity contribution is 0.0943. The Bertz CT molecular complexity index is 626. The molecule has 0 aromatic heterocycles. The zero-order valence-electron chi connectivity index (χ0n) is 12.7. The number of amides is 1. The number of halogens is 1. The molecule has 116 valence electrons. The molecule has 0 aliphatic rings. The van der Waals surface area contributed by atoms with E-state index in [1.165, 1.54) is 0 Å². The molecule has 2 aromatic carbocycles. The molecule has 0 aliphatic heterocycles. The fraction of sp³-hybridized carbons (Fsp3) is 0.235. The van der Waals surface area contributed by atoms with Crippen molar-refractivity contribution in [1.29, 1.82) is 0 Å². The molecule has 0 radical (unpaired) electrons. The number of anilines is 1. The lowest BCUT2D eigenvalue weighted by atomic mass is 10.1. The Labute approximate surface area is 135 Å². The van der Waals surface area contributed by atoms with Gasteiger partial charge >= 0.3 is 0 Å². The van der Waals surface area contributed by atoms with Crippen LogP contribution in [0, 0.1) is 0 Å². The maximum absolute atomic E-state index is 12.0. The van der Waals surface area contributed by atoms with Crippen LogP contribution >= 0.6 is 11.6 Å². The van der Waals surface area contributed by atoms with E-state index in [-0.39, 0.29) is 11.9 Å². The number of hydrogen-bond donors (Lipinski definition) is 3. The van der Waals surface area contributed by atoms with E-state index < -0.39 is 0 Å². The first-order chi connectivity index (χ1) is 10.5. The molecular weight excluding hydrogens is 298 g/mol. The standard InChI is InChI=1S/C17H20ClN3O/c1-12(2)20-17(22)14-5-3-4-13(10-14)11-19-21-16-8-6-15(18)7-9-16/h3-10,12,19,21H,11H2,1-2H3,(H,20,22). The van der Waals surface area contributed by atoms with Crippen molar-refractivity contribution in [3.05, 3.63) is 64.7 Å². The highest BCUT2D eigenvalue weighted by molar-refractivity contribution is 6.30. The van der Waals surface area contributed by atoms with Gasteiger partial charge in [-0.15, -0.1) is 0 Å². The number of nitrogens with one attached hydrogen (secondary N) is 3. The van der Waals surface area contributed by atoms with Crippen molar-refractivity contribution in [3.8, 4) is 0 Å². The fourth-order valence-electron chi connectivity index (χ4n) is 1.95. The summed E-state index contributed by atoms with van der Waals surface area (Å²) in [5.74, 6) is -0.0532. The van der Waals surface area contributed by atoms with Crippen molar-refractivity contribution < 1.29 is 4.79 Å². The Kier molecular flexibility index (Phi) is 5.81. The van der Waals surface area contributed by atoms with Gasteiger partial charge in [-0.3, -0.25) is 4.79 Å². The number of carbonyl (C=O) groups is 1. The summed E-state index contributed by atoms with van der Waals surface area (Å²) < 4.78 is 0. The van der Waals surface area contributed by atoms with Gasteiger partial charge in [0.25, 0.3) is 5.91 Å². The molecule has 0 saturated carbocycles. The van der Waals surface area contributed by atoms with Gasteiger partial charge < -0.3 is 10.7 Å². The summed E-state index contributed by atoms with van der Waals surface area (Å²) in [6, 6.07) is 15.1. The number of rotatable bonds is 6. The predicted octanol–water partition coefficient (Wildman–Crippen LogP) is 3.59. The number of hydrogen-bond acceptors (Lipinski definition) is 3. The number of carbonyl (C=O) groups excluding carboxylic acids is 1. The normalized spacial score (nSPS) is 10.5. The number of hydrazine groups is 1. The third kappa shape index (κ3) is 5.06. The second-order valence-corrected chi connectivity index (χ2v) is 5.75. The van der Waals surface area contributed by atoms with Crippen molar-refractivity contribution in [3.63, 3.8) is 0 Å². The highest BCUT2D eigenvalue weighted by Gasteiger charge is 2.07. The molecule has 0 fully saturated rings. The monoisotopic (exact) mass is 317 g/mol. The van der Waals surface area contributed by atoms with Crippen LogP contribution in [0.4, 0.5) is 5.69 Å². The number of benzene rings is 2. The molecular formula is C17H20ClN3O. The quantitative estimate of drug-likeness (QED) is 0.714. The molecule has 0 atom stereocenters. The van der Waals surface area contributed by atoms with E-state index in [4.69, 9.17) is 11.6 Å². The largest absolute Gasteiger partial charge is 0.350 e. The molecule has 3 N–H and O–H groups in total. The average molecular weight is 318 g/mol. The molecule has 5 heteroatoms. The van der Waals surface area contributed by atoms with Gasteiger partial charge in [-0.1, -0.05) is 23.7 Å². The smallest absolute Gasteiger partial charge is 0.251 e. The van der Waals surface area contributed by atoms with Crippen LogP contribution in [0.1, 0.15) is 29.8 Å². The second-order valence-electron chi connectivity index (χ2n) is 5.31. The minimum atomic E-state index is -0.0532. The molecule has 0 saturated heterocycles. The maximum Gasteiger partial charge on any atom is 0.251 e. The van der Waals surface area contributed by atoms with Gasteiger partial charge in [-0.25, -0.2) is 5.43 Å². The van der Waals surface area contributed by atoms with E-state index in [0.717, 1.165) is 11.3 Å². The minimum absolute atomic E-state index is 0.0532. The maximum atomic E-state index is 12.0. The lowest BCUT2D eigenvalue weighted by Gasteiger charge is -2.11. The Morgan fingerprint density at radius 2 is 1.86 bits per heavy atom. The van der Waals surface area contributed by atoms with Crippen LogP contribution in [0.2, 0.25) is 5.02 Å². The molecule has 0 aliphatic carbocycles. The lowest BCUT2D eigenvalue weighted by Crippen LogP contribution is -2.30. The average Bonchev–Trinajstić information content (AvgIpc) is 2.49. The molecule has 1 amide bonds. The van der Waals surface area contributed by atoms with Gasteiger partial charge in [0.15, 0.2) is 0 Å². The van der Waals surface area contributed by atoms with E-state index in [2.05, 4.69) is 16.2 Å². The summed E-state index contributed by atoms with van der Waals surface area (Å²) in [6.07, 6.45) is 0. The van der Waals surface area contributed by atoms with E-state index in [0.29, 0.717) is 17.1 Å². The van der Waals surface area contributed by atoms with Gasteiger partial charge in [-0.05, 0) is 55.8 Å². The topological polar surface area (TPSA) is 53.2 Å². The summed E-state index contributed by atoms with van der Waals surface area (Å²) in [4.78, 5) is 12.0. The van der Waals surface area contributed by atoms with E-state index in [1.807, 2.05) is 62.4 Å². The van der Waals surface area contributed by atoms with E-state index in [1.54, 1.807) is 0 Å². The van der Waals surface area contributed by atoms with Crippen LogP contribution in [-0.4, -0.2) is 11.9 Å². The fourth-order valence-corrected chi connectivity index (χ4v) is 2.08. The van der Waals surface area contributed by atoms with Crippen LogP contribution in [0.5, 0.6) is 0 Å². The van der Waals surface area contributed by atoms with Gasteiger partial charge in [0, 0.05) is 28.9 Å². The van der Waals surface area contributed by atoms with Crippen molar-refractivity contribution in [2.45, 2.75) is 26.4 Å². The van der Waals surface area contributed by atoms with E-state index >= 15 is 0 Å². The summed E-state index contributed by atoms with van der Waals surface area (Å²) in [6.45, 7) is 4.49. The zero-order chi connectivity index (χ0) is 15.9. The first-order valence-corrected chi connectivity index (χ1v) is 7.56. The summed E-state index contributed by atoms with van der Waals surface area (Å²) >= 11 is 5.84. The second kappa shape index (κ2) is 7.82. The van der Waals surface area contributed by atoms with Gasteiger partial charge in [0.1, 0.15) is 0 Å². The molecule has 4 nitrogen and oxygen atoms in total. The Morgan fingerprint density at radius 1 is 1.14 bits per heavy atom. The van der Waals surface area contributed by atoms with Gasteiger partial charge in [0.05, 0.1) is 0 Å². The highest BCUT2D eigenvalue weighted by atomic mass is 35.5. The highest BCUT2D eigenvalue weighted by Crippen LogP contribution is 2.12. The molecule has 0 spiro atoms. The predicted molar refractivity (Wildman–Crippen MR) is 91.0 cm³/mol. The van der Waals surface area contributed by atoms with Crippen molar-refractivity contribution in [1.82, 2.24) is 10.7 Å². The van der Waals surface area contributed by atoms with Gasteiger partial charge in [0.2, 0.25) is 0 Å². The first-order valence-electron chi connectivity index (χ1n) is 7.19. The van der Waals surface area contributed by atoms with Crippen molar-refractivity contribution in [2.24, 2.45) is 0 Å². The minimum Gasteiger partial charge on any atom is -0.350 e. The van der Waals surface area contributed by atoms with Crippen LogP contribution in [0.25, 0.3) is 0 Å². The van der Waals surface area contributed by atoms with Crippen molar-refractivity contribution in [2.75, 3.05) is 5.43 Å². The van der Waals surface area contributed by atoms with Crippen molar-refractivity contribution >= 4 is 23.2 Å². The van der Waals surface area contributed by atoms with Crippen LogP contribution < -0.4 is 16.2 Å². The summed E-state index contributed by atoms with van der Waals surface area (Å²) in [7, 11) is 0. The summed E-state index contributed by atoms with van der Waals surface area (Å²) in [5.41, 5.74) is 8.83. The molecule has 22 heavy (non-hydrogen) atoms. The third-order valence-corrected chi connectivity index (χ3v) is 3.23. The SMILES string of the molecule is CC(C)NC(=O)c1cccc(CNNc2ccc(Cl)cc2)c1. The molecule has 2 aromatic rings. The van der Waals surface area contributed by atoms with Crippen LogP contribution in [0.15, 0.2) is 48.5 Å². The van der Waals surface area contributed by atoms with E-state index in [9.17, 15) is 4.79 Å². The van der Waals surface area contributed by atoms with Crippen LogP contribution in [0.3, 0.4) is 0 Å². The Balaban J connectivity index is 1.90. The van der Waals surface area contributed by atoms with Crippen LogP contribution in [-0.2, 0) is 6.54 Å². The Hall–Kier alpha value is -2.04. The summed E-state index contributed by atoms with van der Waals surface area (Å²) in [5, 5.41) is 3.59. The Morgan fingerprint density at radius 3 is 2.55 bits per heavy atom. The molecule has 0 bridgehead atoms. The zero-order valence-corrected chi connectivity index (χ0v) is 13.4. The third-order valence-electron chi connectivity index (χ3n) is 2.98. The molecule has 0 unspecified atom stereocenters.